The highest BCUT2D eigenvalue weighted by molar-refractivity contribution is 5.99. The molecule has 0 bridgehead atoms. The van der Waals surface area contributed by atoms with E-state index in [0.29, 0.717) is 13.1 Å². The minimum absolute atomic E-state index is 0.0862. The van der Waals surface area contributed by atoms with Gasteiger partial charge in [-0.1, -0.05) is 32.8 Å². The number of ether oxygens (including phenoxy) is 1. The number of nitrogens with zero attached hydrogens (tertiary/aromatic N) is 2. The van der Waals surface area contributed by atoms with Gasteiger partial charge in [0.05, 0.1) is 23.9 Å². The Morgan fingerprint density at radius 3 is 2.20 bits per heavy atom. The van der Waals surface area contributed by atoms with Gasteiger partial charge in [-0.15, -0.1) is 0 Å². The second-order valence-corrected chi connectivity index (χ2v) is 6.95. The summed E-state index contributed by atoms with van der Waals surface area (Å²) in [6, 6.07) is 6.31. The first-order valence-corrected chi connectivity index (χ1v) is 10.0. The van der Waals surface area contributed by atoms with Crippen LogP contribution in [0.25, 0.3) is 5.69 Å². The number of alkyl halides is 3. The predicted octanol–water partition coefficient (Wildman–Crippen LogP) is 5.33. The fourth-order valence-corrected chi connectivity index (χ4v) is 3.23. The molecule has 1 aromatic carbocycles. The molecule has 164 valence electrons. The summed E-state index contributed by atoms with van der Waals surface area (Å²) in [5, 5.41) is 0. The molecule has 0 spiro atoms. The highest BCUT2D eigenvalue weighted by atomic mass is 19.4. The molecular weight excluding hydrogens is 397 g/mol. The molecule has 0 N–H and O–H groups in total. The Labute approximate surface area is 174 Å². The van der Waals surface area contributed by atoms with E-state index in [1.807, 2.05) is 13.8 Å². The van der Waals surface area contributed by atoms with Crippen LogP contribution in [0.15, 0.2) is 36.5 Å². The Bertz CT molecular complexity index is 867. The largest absolute Gasteiger partial charge is 0.464 e. The highest BCUT2D eigenvalue weighted by Crippen LogP contribution is 2.36. The number of aromatic nitrogens is 1. The van der Waals surface area contributed by atoms with Crippen molar-refractivity contribution in [2.24, 2.45) is 0 Å². The van der Waals surface area contributed by atoms with Crippen LogP contribution in [0.5, 0.6) is 0 Å². The Hall–Kier alpha value is -2.77. The van der Waals surface area contributed by atoms with E-state index in [9.17, 15) is 22.8 Å². The third-order valence-corrected chi connectivity index (χ3v) is 4.81. The van der Waals surface area contributed by atoms with Gasteiger partial charge < -0.3 is 14.2 Å². The zero-order valence-electron chi connectivity index (χ0n) is 17.5. The van der Waals surface area contributed by atoms with Gasteiger partial charge in [0.15, 0.2) is 0 Å². The summed E-state index contributed by atoms with van der Waals surface area (Å²) in [6.07, 6.45) is -0.163. The number of carbonyl (C=O) groups excluding carboxylic acids is 2. The van der Waals surface area contributed by atoms with Gasteiger partial charge in [0.25, 0.3) is 5.91 Å². The zero-order valence-corrected chi connectivity index (χ0v) is 17.5. The SMILES string of the molecule is CCCCN(CCCC)C(=O)c1cccc(C(F)(F)F)c1-n1cccc1C(=O)OC. The van der Waals surface area contributed by atoms with Gasteiger partial charge in [0.1, 0.15) is 5.69 Å². The van der Waals surface area contributed by atoms with Crippen LogP contribution >= 0.6 is 0 Å². The van der Waals surface area contributed by atoms with E-state index in [4.69, 9.17) is 4.74 Å². The molecule has 5 nitrogen and oxygen atoms in total. The molecule has 1 aromatic heterocycles. The summed E-state index contributed by atoms with van der Waals surface area (Å²) >= 11 is 0. The fourth-order valence-electron chi connectivity index (χ4n) is 3.23. The van der Waals surface area contributed by atoms with Crippen molar-refractivity contribution in [3.63, 3.8) is 0 Å². The molecule has 0 saturated carbocycles. The lowest BCUT2D eigenvalue weighted by molar-refractivity contribution is -0.137. The van der Waals surface area contributed by atoms with Gasteiger partial charge in [-0.25, -0.2) is 4.79 Å². The standard InChI is InChI=1S/C22H27F3N2O3/c1-4-6-13-26(14-7-5-2)20(28)16-10-8-11-17(22(23,24)25)19(16)27-15-9-12-18(27)21(29)30-3/h8-12,15H,4-7,13-14H2,1-3H3. The number of carbonyl (C=O) groups is 2. The molecule has 0 fully saturated rings. The number of para-hydroxylation sites is 1. The molecule has 0 aliphatic rings. The lowest BCUT2D eigenvalue weighted by Crippen LogP contribution is -2.34. The van der Waals surface area contributed by atoms with E-state index in [1.165, 1.54) is 30.5 Å². The van der Waals surface area contributed by atoms with E-state index in [-0.39, 0.29) is 16.9 Å². The van der Waals surface area contributed by atoms with Crippen molar-refractivity contribution in [2.75, 3.05) is 20.2 Å². The van der Waals surface area contributed by atoms with Crippen molar-refractivity contribution >= 4 is 11.9 Å². The van der Waals surface area contributed by atoms with Gasteiger partial charge in [0.2, 0.25) is 0 Å². The van der Waals surface area contributed by atoms with E-state index in [0.717, 1.165) is 43.4 Å². The molecule has 2 rings (SSSR count). The third-order valence-electron chi connectivity index (χ3n) is 4.81. The number of benzene rings is 1. The number of methoxy groups -OCH3 is 1. The molecule has 2 aromatic rings. The average Bonchev–Trinajstić information content (AvgIpc) is 3.21. The van der Waals surface area contributed by atoms with Gasteiger partial charge in [-0.2, -0.15) is 13.2 Å². The molecule has 0 aliphatic carbocycles. The molecule has 0 radical (unpaired) electrons. The molecule has 30 heavy (non-hydrogen) atoms. The summed E-state index contributed by atoms with van der Waals surface area (Å²) < 4.78 is 47.3. The fraction of sp³-hybridized carbons (Fsp3) is 0.455. The van der Waals surface area contributed by atoms with Crippen LogP contribution in [0.4, 0.5) is 13.2 Å². The summed E-state index contributed by atoms with van der Waals surface area (Å²) in [7, 11) is 1.15. The maximum absolute atomic E-state index is 13.9. The number of esters is 1. The van der Waals surface area contributed by atoms with E-state index < -0.39 is 23.6 Å². The van der Waals surface area contributed by atoms with Crippen LogP contribution in [-0.2, 0) is 10.9 Å². The molecule has 0 aliphatic heterocycles. The van der Waals surface area contributed by atoms with Gasteiger partial charge in [-0.3, -0.25) is 4.79 Å². The van der Waals surface area contributed by atoms with Gasteiger partial charge in [-0.05, 0) is 37.1 Å². The summed E-state index contributed by atoms with van der Waals surface area (Å²) in [4.78, 5) is 27.0. The molecule has 1 heterocycles. The van der Waals surface area contributed by atoms with Crippen molar-refractivity contribution in [2.45, 2.75) is 45.7 Å². The van der Waals surface area contributed by atoms with Crippen molar-refractivity contribution < 1.29 is 27.5 Å². The topological polar surface area (TPSA) is 51.5 Å². The lowest BCUT2D eigenvalue weighted by atomic mass is 10.0. The Kier molecular flexibility index (Phi) is 8.08. The summed E-state index contributed by atoms with van der Waals surface area (Å²) in [5.41, 5.74) is -1.53. The van der Waals surface area contributed by atoms with Crippen LogP contribution in [0.1, 0.15) is 65.9 Å². The van der Waals surface area contributed by atoms with Gasteiger partial charge in [0, 0.05) is 19.3 Å². The maximum Gasteiger partial charge on any atom is 0.418 e. The van der Waals surface area contributed by atoms with E-state index in [1.54, 1.807) is 4.90 Å². The number of rotatable bonds is 9. The minimum Gasteiger partial charge on any atom is -0.464 e. The van der Waals surface area contributed by atoms with E-state index >= 15 is 0 Å². The molecule has 0 saturated heterocycles. The second-order valence-electron chi connectivity index (χ2n) is 6.95. The molecule has 8 heteroatoms. The highest BCUT2D eigenvalue weighted by Gasteiger charge is 2.37. The smallest absolute Gasteiger partial charge is 0.418 e. The zero-order chi connectivity index (χ0) is 22.3. The van der Waals surface area contributed by atoms with Crippen LogP contribution < -0.4 is 0 Å². The van der Waals surface area contributed by atoms with Crippen molar-refractivity contribution in [1.29, 1.82) is 0 Å². The average molecular weight is 424 g/mol. The first kappa shape index (κ1) is 23.5. The maximum atomic E-state index is 13.9. The third kappa shape index (κ3) is 5.23. The van der Waals surface area contributed by atoms with Crippen LogP contribution in [0.3, 0.4) is 0 Å². The van der Waals surface area contributed by atoms with E-state index in [2.05, 4.69) is 0 Å². The molecule has 0 unspecified atom stereocenters. The van der Waals surface area contributed by atoms with Crippen LogP contribution in [-0.4, -0.2) is 41.5 Å². The number of hydrogen-bond donors (Lipinski definition) is 0. The second kappa shape index (κ2) is 10.3. The summed E-state index contributed by atoms with van der Waals surface area (Å²) in [6.45, 7) is 4.89. The Balaban J connectivity index is 2.67. The minimum atomic E-state index is -4.71. The predicted molar refractivity (Wildman–Crippen MR) is 108 cm³/mol. The molecule has 0 atom stereocenters. The van der Waals surface area contributed by atoms with Gasteiger partial charge >= 0.3 is 12.1 Å². The number of unbranched alkanes of at least 4 members (excludes halogenated alkanes) is 2. The molecule has 1 amide bonds. The van der Waals surface area contributed by atoms with Crippen molar-refractivity contribution in [3.05, 3.63) is 53.3 Å². The Morgan fingerprint density at radius 1 is 1.03 bits per heavy atom. The first-order valence-electron chi connectivity index (χ1n) is 10.0. The first-order chi connectivity index (χ1) is 14.3. The van der Waals surface area contributed by atoms with Crippen LogP contribution in [0, 0.1) is 0 Å². The normalized spacial score (nSPS) is 11.4. The van der Waals surface area contributed by atoms with Crippen molar-refractivity contribution in [3.8, 4) is 5.69 Å². The molecular formula is C22H27F3N2O3. The quantitative estimate of drug-likeness (QED) is 0.512. The lowest BCUT2D eigenvalue weighted by Gasteiger charge is -2.25. The van der Waals surface area contributed by atoms with Crippen LogP contribution in [0.2, 0.25) is 0 Å². The summed E-state index contributed by atoms with van der Waals surface area (Å²) in [5.74, 6) is -1.27. The monoisotopic (exact) mass is 424 g/mol. The Morgan fingerprint density at radius 2 is 1.67 bits per heavy atom. The number of hydrogen-bond acceptors (Lipinski definition) is 3. The van der Waals surface area contributed by atoms with Crippen molar-refractivity contribution in [1.82, 2.24) is 9.47 Å². The number of halogens is 3. The number of amides is 1.